The van der Waals surface area contributed by atoms with Crippen LogP contribution in [0.25, 0.3) is 5.69 Å². The van der Waals surface area contributed by atoms with Gasteiger partial charge in [0.15, 0.2) is 0 Å². The molecule has 1 N–H and O–H groups in total. The van der Waals surface area contributed by atoms with E-state index < -0.39 is 0 Å². The molecule has 0 saturated carbocycles. The zero-order valence-corrected chi connectivity index (χ0v) is 15.7. The lowest BCUT2D eigenvalue weighted by Gasteiger charge is -2.19. The number of benzene rings is 2. The van der Waals surface area contributed by atoms with Gasteiger partial charge < -0.3 is 10.2 Å². The Morgan fingerprint density at radius 1 is 1.11 bits per heavy atom. The Bertz CT molecular complexity index is 919. The van der Waals surface area contributed by atoms with E-state index in [0.29, 0.717) is 24.3 Å². The van der Waals surface area contributed by atoms with Crippen molar-refractivity contribution >= 4 is 11.6 Å². The lowest BCUT2D eigenvalue weighted by Crippen LogP contribution is -2.33. The normalized spacial score (nSPS) is 10.7. The van der Waals surface area contributed by atoms with Crippen molar-refractivity contribution in [2.45, 2.75) is 13.8 Å². The van der Waals surface area contributed by atoms with Gasteiger partial charge >= 0.3 is 0 Å². The van der Waals surface area contributed by atoms with Crippen molar-refractivity contribution in [2.24, 2.45) is 0 Å². The predicted octanol–water partition coefficient (Wildman–Crippen LogP) is 3.49. The van der Waals surface area contributed by atoms with Gasteiger partial charge in [0.25, 0.3) is 5.91 Å². The summed E-state index contributed by atoms with van der Waals surface area (Å²) in [5.41, 5.74) is 3.75. The van der Waals surface area contributed by atoms with E-state index in [2.05, 4.69) is 15.3 Å². The number of nitrogens with zero attached hydrogens (tertiary/aromatic N) is 3. The highest BCUT2D eigenvalue weighted by molar-refractivity contribution is 5.96. The lowest BCUT2D eigenvalue weighted by atomic mass is 10.2. The van der Waals surface area contributed by atoms with Crippen molar-refractivity contribution in [3.63, 3.8) is 0 Å². The third kappa shape index (κ3) is 4.16. The Hall–Kier alpha value is -3.15. The monoisotopic (exact) mass is 366 g/mol. The van der Waals surface area contributed by atoms with E-state index in [1.807, 2.05) is 44.3 Å². The first kappa shape index (κ1) is 18.6. The summed E-state index contributed by atoms with van der Waals surface area (Å²) in [5, 5.41) is 7.41. The zero-order chi connectivity index (χ0) is 19.4. The number of likely N-dealkylation sites (N-methyl/N-ethyl adjacent to an activating group) is 1. The van der Waals surface area contributed by atoms with E-state index in [1.165, 1.54) is 12.1 Å². The highest BCUT2D eigenvalue weighted by Crippen LogP contribution is 2.18. The van der Waals surface area contributed by atoms with Gasteiger partial charge in [-0.05, 0) is 50.2 Å². The van der Waals surface area contributed by atoms with E-state index in [-0.39, 0.29) is 11.7 Å². The van der Waals surface area contributed by atoms with Gasteiger partial charge in [-0.15, -0.1) is 0 Å². The molecule has 3 rings (SSSR count). The molecule has 2 aromatic carbocycles. The van der Waals surface area contributed by atoms with E-state index in [1.54, 1.807) is 23.7 Å². The second kappa shape index (κ2) is 8.03. The molecule has 0 saturated heterocycles. The molecule has 0 aliphatic rings. The summed E-state index contributed by atoms with van der Waals surface area (Å²) in [4.78, 5) is 14.7. The van der Waals surface area contributed by atoms with Crippen LogP contribution in [0.15, 0.2) is 54.6 Å². The number of rotatable bonds is 6. The lowest BCUT2D eigenvalue weighted by molar-refractivity contribution is 0.0953. The molecule has 0 bridgehead atoms. The summed E-state index contributed by atoms with van der Waals surface area (Å²) in [6.45, 7) is 4.86. The smallest absolute Gasteiger partial charge is 0.255 e. The summed E-state index contributed by atoms with van der Waals surface area (Å²) < 4.78 is 14.8. The number of amides is 1. The second-order valence-corrected chi connectivity index (χ2v) is 6.45. The first-order valence-electron chi connectivity index (χ1n) is 8.84. The minimum Gasteiger partial charge on any atom is -0.373 e. The van der Waals surface area contributed by atoms with Crippen LogP contribution in [-0.2, 0) is 0 Å². The van der Waals surface area contributed by atoms with Crippen LogP contribution in [0.3, 0.4) is 0 Å². The van der Waals surface area contributed by atoms with Gasteiger partial charge in [0.05, 0.1) is 22.6 Å². The number of nitrogens with one attached hydrogen (secondary N) is 1. The quantitative estimate of drug-likeness (QED) is 0.726. The van der Waals surface area contributed by atoms with Crippen molar-refractivity contribution < 1.29 is 9.18 Å². The number of anilines is 1. The number of para-hydroxylation sites is 1. The van der Waals surface area contributed by atoms with E-state index in [0.717, 1.165) is 17.1 Å². The molecule has 0 spiro atoms. The zero-order valence-electron chi connectivity index (χ0n) is 15.7. The molecule has 3 aromatic rings. The van der Waals surface area contributed by atoms with Crippen LogP contribution in [0.5, 0.6) is 0 Å². The molecule has 5 nitrogen and oxygen atoms in total. The molecule has 0 radical (unpaired) electrons. The van der Waals surface area contributed by atoms with Gasteiger partial charge in [0.1, 0.15) is 5.82 Å². The fourth-order valence-corrected chi connectivity index (χ4v) is 3.04. The largest absolute Gasteiger partial charge is 0.373 e. The third-order valence-electron chi connectivity index (χ3n) is 4.52. The minimum absolute atomic E-state index is 0.153. The molecular weight excluding hydrogens is 343 g/mol. The Morgan fingerprint density at radius 3 is 2.44 bits per heavy atom. The molecule has 1 heterocycles. The van der Waals surface area contributed by atoms with Gasteiger partial charge in [-0.3, -0.25) is 4.79 Å². The molecule has 1 amide bonds. The Morgan fingerprint density at radius 2 is 1.78 bits per heavy atom. The summed E-state index contributed by atoms with van der Waals surface area (Å²) in [6, 6.07) is 16.1. The number of aromatic nitrogens is 2. The fourth-order valence-electron chi connectivity index (χ4n) is 3.04. The molecule has 6 heteroatoms. The van der Waals surface area contributed by atoms with E-state index in [9.17, 15) is 9.18 Å². The number of hydrogen-bond donors (Lipinski definition) is 1. The first-order chi connectivity index (χ1) is 13.0. The van der Waals surface area contributed by atoms with Crippen LogP contribution < -0.4 is 10.2 Å². The Balaban J connectivity index is 1.67. The molecule has 140 valence electrons. The van der Waals surface area contributed by atoms with Crippen LogP contribution in [0.2, 0.25) is 0 Å². The Kier molecular flexibility index (Phi) is 5.54. The van der Waals surface area contributed by atoms with Crippen molar-refractivity contribution in [1.29, 1.82) is 0 Å². The van der Waals surface area contributed by atoms with E-state index >= 15 is 0 Å². The van der Waals surface area contributed by atoms with Gasteiger partial charge in [0, 0.05) is 25.8 Å². The summed E-state index contributed by atoms with van der Waals surface area (Å²) >= 11 is 0. The molecule has 0 atom stereocenters. The molecule has 1 aromatic heterocycles. The molecule has 27 heavy (non-hydrogen) atoms. The average molecular weight is 366 g/mol. The summed E-state index contributed by atoms with van der Waals surface area (Å²) in [5.74, 6) is -0.458. The maximum absolute atomic E-state index is 13.1. The van der Waals surface area contributed by atoms with Crippen molar-refractivity contribution in [3.05, 3.63) is 77.4 Å². The summed E-state index contributed by atoms with van der Waals surface area (Å²) in [7, 11) is 1.99. The van der Waals surface area contributed by atoms with Crippen LogP contribution >= 0.6 is 0 Å². The molecule has 0 fully saturated rings. The predicted molar refractivity (Wildman–Crippen MR) is 105 cm³/mol. The first-order valence-corrected chi connectivity index (χ1v) is 8.84. The fraction of sp³-hybridized carbons (Fsp3) is 0.238. The van der Waals surface area contributed by atoms with Crippen LogP contribution in [0.4, 0.5) is 10.1 Å². The highest BCUT2D eigenvalue weighted by atomic mass is 19.1. The van der Waals surface area contributed by atoms with Gasteiger partial charge in [0.2, 0.25) is 0 Å². The number of aryl methyl sites for hydroxylation is 1. The maximum atomic E-state index is 13.1. The van der Waals surface area contributed by atoms with Crippen molar-refractivity contribution in [2.75, 3.05) is 25.0 Å². The van der Waals surface area contributed by atoms with Gasteiger partial charge in [-0.25, -0.2) is 9.07 Å². The SMILES string of the molecule is Cc1nn(-c2ccc(F)cc2)c(C)c1C(=O)NCCN(C)c1ccccc1. The minimum atomic E-state index is -0.305. The molecule has 0 aliphatic heterocycles. The van der Waals surface area contributed by atoms with Crippen LogP contribution in [0.1, 0.15) is 21.7 Å². The number of carbonyl (C=O) groups is 1. The molecular formula is C21H23FN4O. The average Bonchev–Trinajstić information content (AvgIpc) is 2.97. The maximum Gasteiger partial charge on any atom is 0.255 e. The third-order valence-corrected chi connectivity index (χ3v) is 4.52. The number of halogens is 1. The van der Waals surface area contributed by atoms with Crippen molar-refractivity contribution in [3.8, 4) is 5.69 Å². The number of carbonyl (C=O) groups excluding carboxylic acids is 1. The van der Waals surface area contributed by atoms with Crippen LogP contribution in [0, 0.1) is 19.7 Å². The second-order valence-electron chi connectivity index (χ2n) is 6.45. The Labute approximate surface area is 158 Å². The van der Waals surface area contributed by atoms with E-state index in [4.69, 9.17) is 0 Å². The summed E-state index contributed by atoms with van der Waals surface area (Å²) in [6.07, 6.45) is 0. The topological polar surface area (TPSA) is 50.2 Å². The van der Waals surface area contributed by atoms with Gasteiger partial charge in [-0.2, -0.15) is 5.10 Å². The van der Waals surface area contributed by atoms with Crippen LogP contribution in [-0.4, -0.2) is 35.8 Å². The van der Waals surface area contributed by atoms with Gasteiger partial charge in [-0.1, -0.05) is 18.2 Å². The molecule has 0 unspecified atom stereocenters. The van der Waals surface area contributed by atoms with Crippen molar-refractivity contribution in [1.82, 2.24) is 15.1 Å². The standard InChI is InChI=1S/C21H23FN4O/c1-15-20(16(2)26(24-15)19-11-9-17(22)10-12-19)21(27)23-13-14-25(3)18-7-5-4-6-8-18/h4-12H,13-14H2,1-3H3,(H,23,27). The number of hydrogen-bond acceptors (Lipinski definition) is 3. The highest BCUT2D eigenvalue weighted by Gasteiger charge is 2.19. The molecule has 0 aliphatic carbocycles.